The van der Waals surface area contributed by atoms with Crippen molar-refractivity contribution < 1.29 is 14.6 Å². The fraction of sp³-hybridized carbons (Fsp3) is 0.632. The average molecular weight is 319 g/mol. The van der Waals surface area contributed by atoms with E-state index in [2.05, 4.69) is 57.3 Å². The molecule has 1 saturated heterocycles. The summed E-state index contributed by atoms with van der Waals surface area (Å²) >= 11 is 0. The molecule has 1 heterocycles. The third kappa shape index (κ3) is 5.63. The Morgan fingerprint density at radius 1 is 1.13 bits per heavy atom. The molecular weight excluding hydrogens is 286 g/mol. The fourth-order valence-electron chi connectivity index (χ4n) is 3.13. The molecule has 23 heavy (non-hydrogen) atoms. The normalized spacial score (nSPS) is 21.9. The Hall–Kier alpha value is -1.39. The van der Waals surface area contributed by atoms with Gasteiger partial charge in [0.2, 0.25) is 0 Å². The summed E-state index contributed by atoms with van der Waals surface area (Å²) in [4.78, 5) is 15.2. The average Bonchev–Trinajstić information content (AvgIpc) is 2.51. The van der Waals surface area contributed by atoms with Crippen LogP contribution in [0.3, 0.4) is 0 Å². The third-order valence-electron chi connectivity index (χ3n) is 5.14. The first-order valence-corrected chi connectivity index (χ1v) is 8.92. The van der Waals surface area contributed by atoms with Crippen molar-refractivity contribution in [2.75, 3.05) is 32.7 Å². The second-order valence-electron chi connectivity index (χ2n) is 7.57. The van der Waals surface area contributed by atoms with Crippen molar-refractivity contribution in [2.45, 2.75) is 46.2 Å². The number of hydrogen-bond donors (Lipinski definition) is 3. The summed E-state index contributed by atoms with van der Waals surface area (Å²) in [5.41, 5.74) is 2.75. The molecule has 0 aromatic heterocycles. The minimum Gasteiger partial charge on any atom is -0.346 e. The highest BCUT2D eigenvalue weighted by molar-refractivity contribution is 5.77. The lowest BCUT2D eigenvalue weighted by Crippen LogP contribution is -3.28. The first kappa shape index (κ1) is 18.0. The zero-order valence-corrected chi connectivity index (χ0v) is 15.2. The Labute approximate surface area is 140 Å². The number of carbonyl (C=O) groups excluding carboxylic acids is 1. The number of benzene rings is 1. The topological polar surface area (TPSA) is 38.0 Å². The van der Waals surface area contributed by atoms with Crippen molar-refractivity contribution >= 4 is 5.91 Å². The van der Waals surface area contributed by atoms with Crippen LogP contribution in [-0.4, -0.2) is 44.2 Å². The minimum atomic E-state index is -0.0889. The van der Waals surface area contributed by atoms with Crippen molar-refractivity contribution in [2.24, 2.45) is 0 Å². The highest BCUT2D eigenvalue weighted by Crippen LogP contribution is 2.06. The van der Waals surface area contributed by atoms with Crippen LogP contribution in [0.25, 0.3) is 0 Å². The van der Waals surface area contributed by atoms with E-state index < -0.39 is 0 Å². The maximum absolute atomic E-state index is 12.2. The molecule has 1 aromatic rings. The van der Waals surface area contributed by atoms with Crippen LogP contribution < -0.4 is 15.1 Å². The van der Waals surface area contributed by atoms with Crippen molar-refractivity contribution in [3.05, 3.63) is 35.4 Å². The zero-order chi connectivity index (χ0) is 16.9. The van der Waals surface area contributed by atoms with Gasteiger partial charge in [-0.2, -0.15) is 0 Å². The monoisotopic (exact) mass is 319 g/mol. The van der Waals surface area contributed by atoms with Crippen LogP contribution in [0.15, 0.2) is 24.3 Å². The molecule has 1 amide bonds. The molecule has 3 N–H and O–H groups in total. The molecule has 0 spiro atoms. The standard InChI is InChI=1S/C19H31N3O/c1-5-19(3,4)20-18(23)15-22-12-10-21(11-13-22)14-17-9-7-6-8-16(17)2/h6-9H,5,10-15H2,1-4H3,(H,20,23)/p+2. The number of carbonyl (C=O) groups is 1. The maximum atomic E-state index is 12.2. The first-order chi connectivity index (χ1) is 10.9. The van der Waals surface area contributed by atoms with Crippen molar-refractivity contribution in [3.8, 4) is 0 Å². The molecule has 128 valence electrons. The van der Waals surface area contributed by atoms with E-state index in [0.29, 0.717) is 6.54 Å². The Morgan fingerprint density at radius 2 is 1.74 bits per heavy atom. The van der Waals surface area contributed by atoms with Crippen molar-refractivity contribution in [1.29, 1.82) is 0 Å². The van der Waals surface area contributed by atoms with Crippen molar-refractivity contribution in [3.63, 3.8) is 0 Å². The minimum absolute atomic E-state index is 0.0889. The lowest BCUT2D eigenvalue weighted by Gasteiger charge is -2.31. The van der Waals surface area contributed by atoms with Gasteiger partial charge >= 0.3 is 0 Å². The maximum Gasteiger partial charge on any atom is 0.275 e. The van der Waals surface area contributed by atoms with Crippen LogP contribution in [0.1, 0.15) is 38.3 Å². The number of rotatable bonds is 6. The molecule has 4 nitrogen and oxygen atoms in total. The van der Waals surface area contributed by atoms with Crippen LogP contribution in [0.5, 0.6) is 0 Å². The van der Waals surface area contributed by atoms with Gasteiger partial charge in [-0.3, -0.25) is 4.79 Å². The number of quaternary nitrogens is 2. The second-order valence-corrected chi connectivity index (χ2v) is 7.57. The number of hydrogen-bond acceptors (Lipinski definition) is 1. The summed E-state index contributed by atoms with van der Waals surface area (Å²) < 4.78 is 0. The molecule has 1 aliphatic heterocycles. The number of piperazine rings is 1. The van der Waals surface area contributed by atoms with Crippen molar-refractivity contribution in [1.82, 2.24) is 5.32 Å². The summed E-state index contributed by atoms with van der Waals surface area (Å²) in [6, 6.07) is 8.66. The van der Waals surface area contributed by atoms with E-state index in [4.69, 9.17) is 0 Å². The molecule has 1 aromatic carbocycles. The van der Waals surface area contributed by atoms with Crippen LogP contribution in [0.2, 0.25) is 0 Å². The molecule has 0 unspecified atom stereocenters. The van der Waals surface area contributed by atoms with E-state index in [1.54, 1.807) is 4.90 Å². The lowest BCUT2D eigenvalue weighted by atomic mass is 10.0. The largest absolute Gasteiger partial charge is 0.346 e. The lowest BCUT2D eigenvalue weighted by molar-refractivity contribution is -1.02. The summed E-state index contributed by atoms with van der Waals surface area (Å²) in [6.07, 6.45) is 0.961. The van der Waals surface area contributed by atoms with Crippen LogP contribution in [-0.2, 0) is 11.3 Å². The van der Waals surface area contributed by atoms with E-state index in [-0.39, 0.29) is 11.4 Å². The summed E-state index contributed by atoms with van der Waals surface area (Å²) in [7, 11) is 0. The van der Waals surface area contributed by atoms with Gasteiger partial charge in [-0.1, -0.05) is 31.2 Å². The third-order valence-corrected chi connectivity index (χ3v) is 5.14. The molecule has 0 atom stereocenters. The molecular formula is C19H33N3O+2. The summed E-state index contributed by atoms with van der Waals surface area (Å²) in [5.74, 6) is 0.189. The molecule has 0 saturated carbocycles. The smallest absolute Gasteiger partial charge is 0.275 e. The second kappa shape index (κ2) is 7.93. The predicted octanol–water partition coefficient (Wildman–Crippen LogP) is -0.417. The van der Waals surface area contributed by atoms with Gasteiger partial charge in [0.1, 0.15) is 32.7 Å². The van der Waals surface area contributed by atoms with Crippen LogP contribution in [0, 0.1) is 6.92 Å². The Morgan fingerprint density at radius 3 is 2.35 bits per heavy atom. The predicted molar refractivity (Wildman–Crippen MR) is 93.7 cm³/mol. The van der Waals surface area contributed by atoms with E-state index in [9.17, 15) is 4.79 Å². The van der Waals surface area contributed by atoms with Gasteiger partial charge in [-0.15, -0.1) is 0 Å². The summed E-state index contributed by atoms with van der Waals surface area (Å²) in [5, 5.41) is 3.15. The molecule has 0 aliphatic carbocycles. The Bertz CT molecular complexity index is 519. The van der Waals surface area contributed by atoms with Gasteiger partial charge in [0.05, 0.1) is 0 Å². The Balaban J connectivity index is 1.76. The molecule has 1 fully saturated rings. The fourth-order valence-corrected chi connectivity index (χ4v) is 3.13. The number of amides is 1. The van der Waals surface area contributed by atoms with Gasteiger partial charge < -0.3 is 15.1 Å². The van der Waals surface area contributed by atoms with E-state index in [0.717, 1.165) is 39.1 Å². The number of aryl methyl sites for hydroxylation is 1. The van der Waals surface area contributed by atoms with Gasteiger partial charge in [-0.05, 0) is 32.8 Å². The zero-order valence-electron chi connectivity index (χ0n) is 15.2. The summed E-state index contributed by atoms with van der Waals surface area (Å²) in [6.45, 7) is 14.7. The van der Waals surface area contributed by atoms with Gasteiger partial charge in [-0.25, -0.2) is 0 Å². The quantitative estimate of drug-likeness (QED) is 0.655. The first-order valence-electron chi connectivity index (χ1n) is 8.92. The van der Waals surface area contributed by atoms with Gasteiger partial charge in [0.25, 0.3) is 5.91 Å². The van der Waals surface area contributed by atoms with E-state index in [1.807, 2.05) is 0 Å². The highest BCUT2D eigenvalue weighted by Gasteiger charge is 2.27. The Kier molecular flexibility index (Phi) is 6.19. The molecule has 1 aliphatic rings. The van der Waals surface area contributed by atoms with Crippen LogP contribution in [0.4, 0.5) is 0 Å². The molecule has 0 bridgehead atoms. The van der Waals surface area contributed by atoms with Crippen LogP contribution >= 0.6 is 0 Å². The van der Waals surface area contributed by atoms with Gasteiger partial charge in [0.15, 0.2) is 6.54 Å². The molecule has 2 rings (SSSR count). The van der Waals surface area contributed by atoms with E-state index >= 15 is 0 Å². The highest BCUT2D eigenvalue weighted by atomic mass is 16.2. The van der Waals surface area contributed by atoms with E-state index in [1.165, 1.54) is 16.0 Å². The molecule has 0 radical (unpaired) electrons. The van der Waals surface area contributed by atoms with Gasteiger partial charge in [0, 0.05) is 11.1 Å². The molecule has 4 heteroatoms. The number of nitrogens with one attached hydrogen (secondary N) is 3. The SMILES string of the molecule is CCC(C)(C)NC(=O)C[NH+]1CC[NH+](Cc2ccccc2C)CC1.